The number of imidazole rings is 1. The molecule has 1 aromatic carbocycles. The Morgan fingerprint density at radius 2 is 2.32 bits per heavy atom. The van der Waals surface area contributed by atoms with E-state index < -0.39 is 0 Å². The van der Waals surface area contributed by atoms with Crippen LogP contribution in [0.15, 0.2) is 49.2 Å². The van der Waals surface area contributed by atoms with Gasteiger partial charge in [-0.25, -0.2) is 9.97 Å². The molecule has 3 aromatic rings. The van der Waals surface area contributed by atoms with Crippen molar-refractivity contribution in [2.24, 2.45) is 5.92 Å². The molecule has 0 spiro atoms. The Morgan fingerprint density at radius 3 is 3.06 bits per heavy atom. The van der Waals surface area contributed by atoms with Crippen LogP contribution in [0.2, 0.25) is 5.02 Å². The van der Waals surface area contributed by atoms with E-state index in [-0.39, 0.29) is 18.5 Å². The molecule has 1 saturated carbocycles. The molecule has 9 heteroatoms. The lowest BCUT2D eigenvalue weighted by atomic mass is 10.3. The second kappa shape index (κ2) is 9.98. The Balaban J connectivity index is 1.28. The minimum Gasteiger partial charge on any atom is -0.493 e. The van der Waals surface area contributed by atoms with Gasteiger partial charge in [0.2, 0.25) is 5.91 Å². The van der Waals surface area contributed by atoms with Gasteiger partial charge in [0.1, 0.15) is 18.0 Å². The number of carbonyl (C=O) groups excluding carboxylic acids is 1. The lowest BCUT2D eigenvalue weighted by Crippen LogP contribution is -2.33. The Bertz CT molecular complexity index is 1050. The van der Waals surface area contributed by atoms with Gasteiger partial charge in [0.15, 0.2) is 0 Å². The smallest absolute Gasteiger partial charge is 0.279 e. The fraction of sp³-hybridized carbons (Fsp3) is 0.318. The quantitative estimate of drug-likeness (QED) is 0.472. The van der Waals surface area contributed by atoms with Crippen LogP contribution < -0.4 is 14.8 Å². The molecule has 0 saturated heterocycles. The molecule has 1 amide bonds. The predicted octanol–water partition coefficient (Wildman–Crippen LogP) is 4.79. The van der Waals surface area contributed by atoms with Gasteiger partial charge in [0.25, 0.3) is 5.19 Å². The van der Waals surface area contributed by atoms with Crippen molar-refractivity contribution < 1.29 is 14.3 Å². The highest BCUT2D eigenvalue weighted by atomic mass is 35.5. The van der Waals surface area contributed by atoms with Gasteiger partial charge in [-0.3, -0.25) is 4.79 Å². The Morgan fingerprint density at radius 1 is 1.45 bits per heavy atom. The van der Waals surface area contributed by atoms with Crippen LogP contribution in [0.25, 0.3) is 6.08 Å². The van der Waals surface area contributed by atoms with Crippen molar-refractivity contribution in [1.82, 2.24) is 19.9 Å². The van der Waals surface area contributed by atoms with Crippen molar-refractivity contribution in [3.05, 3.63) is 59.1 Å². The number of thiazole rings is 1. The molecule has 0 aliphatic heterocycles. The summed E-state index contributed by atoms with van der Waals surface area (Å²) in [5, 5.41) is 3.89. The fourth-order valence-electron chi connectivity index (χ4n) is 2.77. The van der Waals surface area contributed by atoms with E-state index >= 15 is 0 Å². The number of carbonyl (C=O) groups is 1. The van der Waals surface area contributed by atoms with Crippen LogP contribution in [-0.2, 0) is 11.3 Å². The average molecular weight is 459 g/mol. The van der Waals surface area contributed by atoms with Crippen LogP contribution in [0.3, 0.4) is 0 Å². The summed E-state index contributed by atoms with van der Waals surface area (Å²) in [7, 11) is 0. The molecule has 1 atom stereocenters. The number of halogens is 1. The van der Waals surface area contributed by atoms with E-state index in [0.29, 0.717) is 21.9 Å². The molecule has 2 aromatic heterocycles. The number of aromatic nitrogens is 3. The first kappa shape index (κ1) is 21.4. The Hall–Kier alpha value is -2.84. The highest BCUT2D eigenvalue weighted by Gasteiger charge is 2.22. The molecule has 1 aliphatic carbocycles. The third kappa shape index (κ3) is 6.57. The van der Waals surface area contributed by atoms with Gasteiger partial charge in [-0.2, -0.15) is 0 Å². The van der Waals surface area contributed by atoms with Gasteiger partial charge in [0.05, 0.1) is 22.8 Å². The second-order valence-electron chi connectivity index (χ2n) is 7.43. The Kier molecular flexibility index (Phi) is 6.89. The van der Waals surface area contributed by atoms with Crippen molar-refractivity contribution >= 4 is 34.9 Å². The molecule has 31 heavy (non-hydrogen) atoms. The van der Waals surface area contributed by atoms with Crippen LogP contribution >= 0.6 is 22.9 Å². The summed E-state index contributed by atoms with van der Waals surface area (Å²) >= 11 is 7.72. The molecule has 4 rings (SSSR count). The van der Waals surface area contributed by atoms with Crippen LogP contribution in [-0.4, -0.2) is 33.1 Å². The number of rotatable bonds is 10. The first-order chi connectivity index (χ1) is 15.0. The monoisotopic (exact) mass is 458 g/mol. The van der Waals surface area contributed by atoms with Crippen LogP contribution in [0.4, 0.5) is 0 Å². The number of nitrogens with one attached hydrogen (secondary N) is 1. The van der Waals surface area contributed by atoms with E-state index in [2.05, 4.69) is 15.3 Å². The summed E-state index contributed by atoms with van der Waals surface area (Å²) < 4.78 is 13.3. The number of nitrogens with zero attached hydrogens (tertiary/aromatic N) is 3. The van der Waals surface area contributed by atoms with Crippen molar-refractivity contribution in [2.75, 3.05) is 6.61 Å². The van der Waals surface area contributed by atoms with Crippen LogP contribution in [0, 0.1) is 5.92 Å². The number of amides is 1. The van der Waals surface area contributed by atoms with Gasteiger partial charge >= 0.3 is 0 Å². The zero-order chi connectivity index (χ0) is 21.6. The fourth-order valence-corrected chi connectivity index (χ4v) is 3.67. The van der Waals surface area contributed by atoms with Gasteiger partial charge in [-0.05, 0) is 43.9 Å². The zero-order valence-electron chi connectivity index (χ0n) is 17.0. The molecule has 162 valence electrons. The predicted molar refractivity (Wildman–Crippen MR) is 121 cm³/mol. The van der Waals surface area contributed by atoms with Crippen molar-refractivity contribution in [2.45, 2.75) is 32.4 Å². The van der Waals surface area contributed by atoms with E-state index in [9.17, 15) is 4.79 Å². The molecule has 0 bridgehead atoms. The van der Waals surface area contributed by atoms with Gasteiger partial charge in [0, 0.05) is 30.7 Å². The molecule has 0 unspecified atom stereocenters. The SMILES string of the molecule is C[C@@H](/C=C/c1cnc(Oc2ccc(OCC3CC3)cc2Cl)s1)NC(=O)Cn1ccnc1. The van der Waals surface area contributed by atoms with Gasteiger partial charge in [-0.15, -0.1) is 0 Å². The first-order valence-corrected chi connectivity index (χ1v) is 11.2. The maximum atomic E-state index is 12.0. The van der Waals surface area contributed by atoms with Crippen molar-refractivity contribution in [3.63, 3.8) is 0 Å². The van der Waals surface area contributed by atoms with E-state index in [1.165, 1.54) is 24.2 Å². The molecule has 0 radical (unpaired) electrons. The highest BCUT2D eigenvalue weighted by molar-refractivity contribution is 7.14. The van der Waals surface area contributed by atoms with Crippen molar-refractivity contribution in [1.29, 1.82) is 0 Å². The van der Waals surface area contributed by atoms with Crippen LogP contribution in [0.1, 0.15) is 24.6 Å². The largest absolute Gasteiger partial charge is 0.493 e. The van der Waals surface area contributed by atoms with Gasteiger partial charge < -0.3 is 19.4 Å². The van der Waals surface area contributed by atoms with Crippen LogP contribution in [0.5, 0.6) is 16.7 Å². The summed E-state index contributed by atoms with van der Waals surface area (Å²) in [4.78, 5) is 21.2. The van der Waals surface area contributed by atoms with E-state index in [1.54, 1.807) is 41.6 Å². The third-order valence-corrected chi connectivity index (χ3v) is 5.74. The van der Waals surface area contributed by atoms with Gasteiger partial charge in [-0.1, -0.05) is 29.0 Å². The minimum atomic E-state index is -0.125. The highest BCUT2D eigenvalue weighted by Crippen LogP contribution is 2.35. The topological polar surface area (TPSA) is 78.3 Å². The average Bonchev–Trinajstić information content (AvgIpc) is 3.22. The first-order valence-electron chi connectivity index (χ1n) is 10.0. The summed E-state index contributed by atoms with van der Waals surface area (Å²) in [6.45, 7) is 2.89. The summed E-state index contributed by atoms with van der Waals surface area (Å²) in [6.07, 6.45) is 13.0. The van der Waals surface area contributed by atoms with E-state index in [4.69, 9.17) is 21.1 Å². The number of hydrogen-bond acceptors (Lipinski definition) is 6. The molecular formula is C22H23ClN4O3S. The van der Waals surface area contributed by atoms with Crippen molar-refractivity contribution in [3.8, 4) is 16.7 Å². The molecular weight excluding hydrogens is 436 g/mol. The summed E-state index contributed by atoms with van der Waals surface area (Å²) in [5.41, 5.74) is 0. The maximum absolute atomic E-state index is 12.0. The molecule has 1 N–H and O–H groups in total. The molecule has 2 heterocycles. The Labute approximate surface area is 189 Å². The standard InChI is InChI=1S/C22H23ClN4O3S/c1-15(26-21(28)12-27-9-8-24-14-27)2-6-18-11-25-22(31-18)30-20-7-5-17(10-19(20)23)29-13-16-3-4-16/h2,5-11,14-16H,3-4,12-13H2,1H3,(H,26,28)/b6-2+/t15-/m0/s1. The normalized spacial score (nSPS) is 14.5. The number of benzene rings is 1. The third-order valence-electron chi connectivity index (χ3n) is 4.61. The number of ether oxygens (including phenoxy) is 2. The molecule has 1 aliphatic rings. The van der Waals surface area contributed by atoms with E-state index in [1.807, 2.05) is 25.1 Å². The summed E-state index contributed by atoms with van der Waals surface area (Å²) in [6, 6.07) is 5.29. The second-order valence-corrected chi connectivity index (χ2v) is 8.86. The maximum Gasteiger partial charge on any atom is 0.279 e. The van der Waals surface area contributed by atoms with E-state index in [0.717, 1.165) is 17.2 Å². The zero-order valence-corrected chi connectivity index (χ0v) is 18.6. The molecule has 1 fully saturated rings. The molecule has 7 nitrogen and oxygen atoms in total. The lowest BCUT2D eigenvalue weighted by Gasteiger charge is -2.09. The number of hydrogen-bond donors (Lipinski definition) is 1. The minimum absolute atomic E-state index is 0.0809. The summed E-state index contributed by atoms with van der Waals surface area (Å²) in [5.74, 6) is 1.88. The lowest BCUT2D eigenvalue weighted by molar-refractivity contribution is -0.122.